The molecule has 7 heteroatoms. The summed E-state index contributed by atoms with van der Waals surface area (Å²) in [6.45, 7) is 1.28. The number of hydrogen-bond donors (Lipinski definition) is 1. The van der Waals surface area contributed by atoms with E-state index in [1.165, 1.54) is 12.1 Å². The highest BCUT2D eigenvalue weighted by Gasteiger charge is 2.25. The Labute approximate surface area is 133 Å². The molecular formula is C14H19BrN2O3S. The van der Waals surface area contributed by atoms with Gasteiger partial charge >= 0.3 is 0 Å². The minimum atomic E-state index is -3.72. The smallest absolute Gasteiger partial charge is 0.238 e. The van der Waals surface area contributed by atoms with E-state index in [4.69, 9.17) is 5.73 Å². The molecule has 1 fully saturated rings. The van der Waals surface area contributed by atoms with Crippen LogP contribution in [0.3, 0.4) is 0 Å². The van der Waals surface area contributed by atoms with Crippen LogP contribution in [0.1, 0.15) is 25.7 Å². The van der Waals surface area contributed by atoms with Crippen LogP contribution in [0.5, 0.6) is 0 Å². The van der Waals surface area contributed by atoms with Gasteiger partial charge in [0.25, 0.3) is 0 Å². The molecular weight excluding hydrogens is 356 g/mol. The molecule has 1 aromatic carbocycles. The molecule has 0 bridgehead atoms. The summed E-state index contributed by atoms with van der Waals surface area (Å²) in [6, 6.07) is 4.64. The number of nitrogens with zero attached hydrogens (tertiary/aromatic N) is 1. The van der Waals surface area contributed by atoms with Crippen molar-refractivity contribution in [2.75, 3.05) is 24.6 Å². The van der Waals surface area contributed by atoms with E-state index in [-0.39, 0.29) is 16.5 Å². The second-order valence-corrected chi connectivity index (χ2v) is 8.11. The van der Waals surface area contributed by atoms with Gasteiger partial charge in [0.15, 0.2) is 9.84 Å². The number of sulfone groups is 1. The van der Waals surface area contributed by atoms with Gasteiger partial charge in [0.1, 0.15) is 5.75 Å². The van der Waals surface area contributed by atoms with Crippen molar-refractivity contribution in [3.8, 4) is 0 Å². The number of likely N-dealkylation sites (tertiary alicyclic amines) is 1. The predicted molar refractivity (Wildman–Crippen MR) is 85.7 cm³/mol. The zero-order valence-corrected chi connectivity index (χ0v) is 14.1. The van der Waals surface area contributed by atoms with Gasteiger partial charge in [-0.15, -0.1) is 0 Å². The van der Waals surface area contributed by atoms with Crippen molar-refractivity contribution < 1.29 is 13.2 Å². The van der Waals surface area contributed by atoms with Crippen molar-refractivity contribution in [2.45, 2.75) is 30.6 Å². The van der Waals surface area contributed by atoms with Gasteiger partial charge in [0.2, 0.25) is 5.91 Å². The van der Waals surface area contributed by atoms with Gasteiger partial charge in [-0.25, -0.2) is 8.42 Å². The standard InChI is InChI=1S/C14H19BrN2O3S/c15-11-5-6-12(16)13(9-11)21(19,20)10-14(18)17-7-3-1-2-4-8-17/h5-6,9H,1-4,7-8,10,16H2. The molecule has 5 nitrogen and oxygen atoms in total. The molecule has 0 radical (unpaired) electrons. The van der Waals surface area contributed by atoms with Crippen molar-refractivity contribution in [1.82, 2.24) is 4.90 Å². The van der Waals surface area contributed by atoms with Crippen LogP contribution in [0, 0.1) is 0 Å². The number of nitrogens with two attached hydrogens (primary N) is 1. The predicted octanol–water partition coefficient (Wildman–Crippen LogP) is 2.21. The number of nitrogen functional groups attached to an aromatic ring is 1. The lowest BCUT2D eigenvalue weighted by Gasteiger charge is -2.20. The molecule has 0 aliphatic carbocycles. The molecule has 1 aliphatic heterocycles. The molecule has 21 heavy (non-hydrogen) atoms. The van der Waals surface area contributed by atoms with E-state index in [1.54, 1.807) is 11.0 Å². The summed E-state index contributed by atoms with van der Waals surface area (Å²) in [5, 5.41) is 0. The van der Waals surface area contributed by atoms with Crippen LogP contribution in [0.25, 0.3) is 0 Å². The van der Waals surface area contributed by atoms with Crippen molar-refractivity contribution in [3.63, 3.8) is 0 Å². The summed E-state index contributed by atoms with van der Waals surface area (Å²) >= 11 is 3.23. The SMILES string of the molecule is Nc1ccc(Br)cc1S(=O)(=O)CC(=O)N1CCCCCC1. The number of benzene rings is 1. The summed E-state index contributed by atoms with van der Waals surface area (Å²) in [6.07, 6.45) is 4.06. The Morgan fingerprint density at radius 2 is 1.81 bits per heavy atom. The quantitative estimate of drug-likeness (QED) is 0.822. The molecule has 116 valence electrons. The highest BCUT2D eigenvalue weighted by molar-refractivity contribution is 9.10. The number of halogens is 1. The molecule has 0 unspecified atom stereocenters. The fraction of sp³-hybridized carbons (Fsp3) is 0.500. The molecule has 1 heterocycles. The van der Waals surface area contributed by atoms with Crippen LogP contribution < -0.4 is 5.73 Å². The first kappa shape index (κ1) is 16.3. The summed E-state index contributed by atoms with van der Waals surface area (Å²) in [4.78, 5) is 13.9. The highest BCUT2D eigenvalue weighted by Crippen LogP contribution is 2.24. The molecule has 2 rings (SSSR count). The summed E-state index contributed by atoms with van der Waals surface area (Å²) < 4.78 is 25.4. The largest absolute Gasteiger partial charge is 0.398 e. The Hall–Kier alpha value is -1.08. The normalized spacial score (nSPS) is 16.5. The van der Waals surface area contributed by atoms with E-state index >= 15 is 0 Å². The first-order valence-corrected chi connectivity index (χ1v) is 9.40. The minimum absolute atomic E-state index is 0.0139. The van der Waals surface area contributed by atoms with Gasteiger partial charge in [0, 0.05) is 17.6 Å². The molecule has 1 amide bonds. The number of anilines is 1. The second-order valence-electron chi connectivity index (χ2n) is 5.24. The lowest BCUT2D eigenvalue weighted by molar-refractivity contribution is -0.128. The zero-order valence-electron chi connectivity index (χ0n) is 11.7. The third-order valence-electron chi connectivity index (χ3n) is 3.58. The molecule has 1 aliphatic rings. The summed E-state index contributed by atoms with van der Waals surface area (Å²) in [5.74, 6) is -0.857. The van der Waals surface area contributed by atoms with Crippen LogP contribution in [-0.2, 0) is 14.6 Å². The van der Waals surface area contributed by atoms with Crippen LogP contribution in [0.15, 0.2) is 27.6 Å². The average Bonchev–Trinajstić information content (AvgIpc) is 2.70. The number of carbonyl (C=O) groups excluding carboxylic acids is 1. The van der Waals surface area contributed by atoms with E-state index < -0.39 is 15.6 Å². The van der Waals surface area contributed by atoms with Gasteiger partial charge in [-0.3, -0.25) is 4.79 Å². The monoisotopic (exact) mass is 374 g/mol. The molecule has 1 saturated heterocycles. The molecule has 1 aromatic rings. The Morgan fingerprint density at radius 1 is 1.19 bits per heavy atom. The van der Waals surface area contributed by atoms with E-state index in [0.29, 0.717) is 17.6 Å². The van der Waals surface area contributed by atoms with E-state index in [2.05, 4.69) is 15.9 Å². The molecule has 0 spiro atoms. The maximum absolute atomic E-state index is 12.4. The maximum Gasteiger partial charge on any atom is 0.238 e. The Morgan fingerprint density at radius 3 is 2.43 bits per heavy atom. The fourth-order valence-corrected chi connectivity index (χ4v) is 4.34. The Bertz CT molecular complexity index is 623. The van der Waals surface area contributed by atoms with E-state index in [1.807, 2.05) is 0 Å². The first-order chi connectivity index (χ1) is 9.90. The number of hydrogen-bond acceptors (Lipinski definition) is 4. The zero-order chi connectivity index (χ0) is 15.5. The van der Waals surface area contributed by atoms with Gasteiger partial charge in [-0.1, -0.05) is 28.8 Å². The topological polar surface area (TPSA) is 80.5 Å². The highest BCUT2D eigenvalue weighted by atomic mass is 79.9. The van der Waals surface area contributed by atoms with E-state index in [0.717, 1.165) is 25.7 Å². The van der Waals surface area contributed by atoms with Gasteiger partial charge in [-0.05, 0) is 31.0 Å². The van der Waals surface area contributed by atoms with Crippen LogP contribution in [0.4, 0.5) is 5.69 Å². The first-order valence-electron chi connectivity index (χ1n) is 6.96. The van der Waals surface area contributed by atoms with Crippen molar-refractivity contribution in [2.24, 2.45) is 0 Å². The molecule has 0 atom stereocenters. The van der Waals surface area contributed by atoms with Crippen LogP contribution in [0.2, 0.25) is 0 Å². The molecule has 0 saturated carbocycles. The lowest BCUT2D eigenvalue weighted by atomic mass is 10.2. The van der Waals surface area contributed by atoms with Crippen molar-refractivity contribution >= 4 is 37.4 Å². The molecule has 0 aromatic heterocycles. The van der Waals surface area contributed by atoms with Gasteiger partial charge < -0.3 is 10.6 Å². The number of rotatable bonds is 3. The summed E-state index contributed by atoms with van der Waals surface area (Å²) in [5.41, 5.74) is 5.90. The number of amides is 1. The van der Waals surface area contributed by atoms with Crippen LogP contribution >= 0.6 is 15.9 Å². The average molecular weight is 375 g/mol. The lowest BCUT2D eigenvalue weighted by Crippen LogP contribution is -2.36. The third-order valence-corrected chi connectivity index (χ3v) is 5.73. The fourth-order valence-electron chi connectivity index (χ4n) is 2.43. The summed E-state index contributed by atoms with van der Waals surface area (Å²) in [7, 11) is -3.72. The second kappa shape index (κ2) is 6.79. The number of carbonyl (C=O) groups is 1. The third kappa shape index (κ3) is 4.20. The van der Waals surface area contributed by atoms with Gasteiger partial charge in [-0.2, -0.15) is 0 Å². The van der Waals surface area contributed by atoms with Gasteiger partial charge in [0.05, 0.1) is 10.6 Å². The van der Waals surface area contributed by atoms with Crippen molar-refractivity contribution in [1.29, 1.82) is 0 Å². The minimum Gasteiger partial charge on any atom is -0.398 e. The van der Waals surface area contributed by atoms with Crippen LogP contribution in [-0.4, -0.2) is 38.1 Å². The Kier molecular flexibility index (Phi) is 5.27. The maximum atomic E-state index is 12.4. The molecule has 2 N–H and O–H groups in total. The van der Waals surface area contributed by atoms with E-state index in [9.17, 15) is 13.2 Å². The van der Waals surface area contributed by atoms with Crippen molar-refractivity contribution in [3.05, 3.63) is 22.7 Å². The Balaban J connectivity index is 2.16.